The van der Waals surface area contributed by atoms with Crippen molar-refractivity contribution in [3.05, 3.63) is 35.9 Å². The normalized spacial score (nSPS) is 14.6. The third kappa shape index (κ3) is 1.02. The van der Waals surface area contributed by atoms with E-state index >= 15 is 0 Å². The standard InChI is InChI=1S/C11H12O/c1-8-3-4-9-7-10(12-2)5-6-11(8)9/h5-7H,1,3-4H2,2H3. The van der Waals surface area contributed by atoms with Gasteiger partial charge in [0, 0.05) is 0 Å². The van der Waals surface area contributed by atoms with Crippen molar-refractivity contribution in [3.63, 3.8) is 0 Å². The number of aryl methyl sites for hydroxylation is 1. The van der Waals surface area contributed by atoms with Crippen LogP contribution in [0.15, 0.2) is 24.8 Å². The highest BCUT2D eigenvalue weighted by Crippen LogP contribution is 2.32. The predicted octanol–water partition coefficient (Wildman–Crippen LogP) is 2.65. The molecule has 12 heavy (non-hydrogen) atoms. The van der Waals surface area contributed by atoms with Gasteiger partial charge in [-0.05, 0) is 41.7 Å². The van der Waals surface area contributed by atoms with Gasteiger partial charge in [-0.25, -0.2) is 0 Å². The molecule has 1 aromatic carbocycles. The summed E-state index contributed by atoms with van der Waals surface area (Å²) >= 11 is 0. The van der Waals surface area contributed by atoms with Crippen molar-refractivity contribution in [2.24, 2.45) is 0 Å². The van der Waals surface area contributed by atoms with Crippen LogP contribution in [0, 0.1) is 0 Å². The zero-order valence-corrected chi connectivity index (χ0v) is 7.26. The fraction of sp³-hybridized carbons (Fsp3) is 0.273. The van der Waals surface area contributed by atoms with E-state index in [1.165, 1.54) is 16.7 Å². The second kappa shape index (κ2) is 2.67. The third-order valence-electron chi connectivity index (χ3n) is 2.39. The van der Waals surface area contributed by atoms with Crippen LogP contribution in [0.2, 0.25) is 0 Å². The van der Waals surface area contributed by atoms with Crippen molar-refractivity contribution in [2.75, 3.05) is 7.11 Å². The highest BCUT2D eigenvalue weighted by molar-refractivity contribution is 5.71. The molecule has 0 saturated heterocycles. The average molecular weight is 160 g/mol. The molecule has 62 valence electrons. The van der Waals surface area contributed by atoms with Crippen LogP contribution >= 0.6 is 0 Å². The molecule has 0 spiro atoms. The van der Waals surface area contributed by atoms with Gasteiger partial charge in [0.15, 0.2) is 0 Å². The molecule has 0 heterocycles. The predicted molar refractivity (Wildman–Crippen MR) is 50.3 cm³/mol. The van der Waals surface area contributed by atoms with Crippen LogP contribution in [-0.4, -0.2) is 7.11 Å². The summed E-state index contributed by atoms with van der Waals surface area (Å²) < 4.78 is 5.15. The Morgan fingerprint density at radius 1 is 1.33 bits per heavy atom. The Kier molecular flexibility index (Phi) is 1.65. The first-order valence-corrected chi connectivity index (χ1v) is 4.16. The smallest absolute Gasteiger partial charge is 0.119 e. The van der Waals surface area contributed by atoms with Crippen molar-refractivity contribution in [2.45, 2.75) is 12.8 Å². The second-order valence-electron chi connectivity index (χ2n) is 3.13. The summed E-state index contributed by atoms with van der Waals surface area (Å²) in [6, 6.07) is 6.20. The van der Waals surface area contributed by atoms with Gasteiger partial charge in [0.05, 0.1) is 7.11 Å². The van der Waals surface area contributed by atoms with Crippen LogP contribution in [0.1, 0.15) is 17.5 Å². The number of allylic oxidation sites excluding steroid dienone is 1. The van der Waals surface area contributed by atoms with Crippen LogP contribution in [0.3, 0.4) is 0 Å². The van der Waals surface area contributed by atoms with Gasteiger partial charge in [-0.1, -0.05) is 12.6 Å². The topological polar surface area (TPSA) is 9.23 Å². The number of methoxy groups -OCH3 is 1. The summed E-state index contributed by atoms with van der Waals surface area (Å²) in [5.74, 6) is 0.948. The molecule has 1 nitrogen and oxygen atoms in total. The molecule has 0 saturated carbocycles. The minimum absolute atomic E-state index is 0.948. The van der Waals surface area contributed by atoms with E-state index in [1.807, 2.05) is 6.07 Å². The lowest BCUT2D eigenvalue weighted by Crippen LogP contribution is -1.85. The van der Waals surface area contributed by atoms with Crippen LogP contribution in [-0.2, 0) is 6.42 Å². The fourth-order valence-electron chi connectivity index (χ4n) is 1.67. The van der Waals surface area contributed by atoms with Crippen LogP contribution in [0.5, 0.6) is 5.75 Å². The number of hydrogen-bond donors (Lipinski definition) is 0. The Labute approximate surface area is 72.7 Å². The van der Waals surface area contributed by atoms with Gasteiger partial charge in [-0.2, -0.15) is 0 Å². The summed E-state index contributed by atoms with van der Waals surface area (Å²) in [5, 5.41) is 0. The summed E-state index contributed by atoms with van der Waals surface area (Å²) in [5.41, 5.74) is 3.95. The van der Waals surface area contributed by atoms with E-state index in [-0.39, 0.29) is 0 Å². The van der Waals surface area contributed by atoms with E-state index in [0.29, 0.717) is 0 Å². The van der Waals surface area contributed by atoms with E-state index in [2.05, 4.69) is 18.7 Å². The molecule has 0 aromatic heterocycles. The molecule has 0 fully saturated rings. The first kappa shape index (κ1) is 7.41. The minimum Gasteiger partial charge on any atom is -0.497 e. The summed E-state index contributed by atoms with van der Waals surface area (Å²) in [6.07, 6.45) is 2.22. The summed E-state index contributed by atoms with van der Waals surface area (Å²) in [7, 11) is 1.70. The zero-order valence-electron chi connectivity index (χ0n) is 7.26. The molecule has 0 radical (unpaired) electrons. The second-order valence-corrected chi connectivity index (χ2v) is 3.13. The molecular weight excluding hydrogens is 148 g/mol. The van der Waals surface area contributed by atoms with Gasteiger partial charge in [-0.3, -0.25) is 0 Å². The monoisotopic (exact) mass is 160 g/mol. The molecule has 1 aromatic rings. The van der Waals surface area contributed by atoms with E-state index in [9.17, 15) is 0 Å². The van der Waals surface area contributed by atoms with Crippen molar-refractivity contribution in [1.29, 1.82) is 0 Å². The molecule has 0 amide bonds. The van der Waals surface area contributed by atoms with Crippen molar-refractivity contribution in [3.8, 4) is 5.75 Å². The Morgan fingerprint density at radius 2 is 2.17 bits per heavy atom. The Morgan fingerprint density at radius 3 is 2.92 bits per heavy atom. The molecule has 0 unspecified atom stereocenters. The Bertz CT molecular complexity index is 326. The molecule has 1 heteroatoms. The number of rotatable bonds is 1. The van der Waals surface area contributed by atoms with Crippen LogP contribution in [0.25, 0.3) is 5.57 Å². The largest absolute Gasteiger partial charge is 0.497 e. The van der Waals surface area contributed by atoms with E-state index in [4.69, 9.17) is 4.74 Å². The molecule has 1 aliphatic rings. The maximum absolute atomic E-state index is 5.15. The van der Waals surface area contributed by atoms with E-state index < -0.39 is 0 Å². The highest BCUT2D eigenvalue weighted by Gasteiger charge is 2.14. The van der Waals surface area contributed by atoms with Gasteiger partial charge in [-0.15, -0.1) is 0 Å². The fourth-order valence-corrected chi connectivity index (χ4v) is 1.67. The molecule has 2 rings (SSSR count). The first-order valence-electron chi connectivity index (χ1n) is 4.16. The number of benzene rings is 1. The lowest BCUT2D eigenvalue weighted by molar-refractivity contribution is 0.414. The maximum Gasteiger partial charge on any atom is 0.119 e. The van der Waals surface area contributed by atoms with Gasteiger partial charge < -0.3 is 4.74 Å². The van der Waals surface area contributed by atoms with Gasteiger partial charge in [0.25, 0.3) is 0 Å². The molecular formula is C11H12O. The lowest BCUT2D eigenvalue weighted by Gasteiger charge is -2.02. The third-order valence-corrected chi connectivity index (χ3v) is 2.39. The Balaban J connectivity index is 2.48. The van der Waals surface area contributed by atoms with E-state index in [1.54, 1.807) is 7.11 Å². The molecule has 0 aliphatic heterocycles. The van der Waals surface area contributed by atoms with Crippen LogP contribution < -0.4 is 4.74 Å². The number of fused-ring (bicyclic) bond motifs is 1. The van der Waals surface area contributed by atoms with Crippen molar-refractivity contribution < 1.29 is 4.74 Å². The SMILES string of the molecule is C=C1CCc2cc(OC)ccc21. The molecule has 0 N–H and O–H groups in total. The zero-order chi connectivity index (χ0) is 8.55. The quantitative estimate of drug-likeness (QED) is 0.613. The van der Waals surface area contributed by atoms with Gasteiger partial charge in [0.2, 0.25) is 0 Å². The number of ether oxygens (including phenoxy) is 1. The highest BCUT2D eigenvalue weighted by atomic mass is 16.5. The van der Waals surface area contributed by atoms with Crippen LogP contribution in [0.4, 0.5) is 0 Å². The van der Waals surface area contributed by atoms with E-state index in [0.717, 1.165) is 18.6 Å². The first-order chi connectivity index (χ1) is 5.81. The molecule has 0 bridgehead atoms. The molecule has 1 aliphatic carbocycles. The van der Waals surface area contributed by atoms with Gasteiger partial charge >= 0.3 is 0 Å². The minimum atomic E-state index is 0.948. The lowest BCUT2D eigenvalue weighted by atomic mass is 10.1. The maximum atomic E-state index is 5.15. The van der Waals surface area contributed by atoms with Gasteiger partial charge in [0.1, 0.15) is 5.75 Å². The summed E-state index contributed by atoms with van der Waals surface area (Å²) in [6.45, 7) is 4.01. The summed E-state index contributed by atoms with van der Waals surface area (Å²) in [4.78, 5) is 0. The molecule has 0 atom stereocenters. The number of hydrogen-bond acceptors (Lipinski definition) is 1. The van der Waals surface area contributed by atoms with Crippen molar-refractivity contribution in [1.82, 2.24) is 0 Å². The Hall–Kier alpha value is -1.24. The van der Waals surface area contributed by atoms with Crippen molar-refractivity contribution >= 4 is 5.57 Å². The average Bonchev–Trinajstić information content (AvgIpc) is 2.47.